The number of carbonyl (C=O) groups excluding carboxylic acids is 1. The molecule has 0 atom stereocenters. The van der Waals surface area contributed by atoms with Gasteiger partial charge in [0, 0.05) is 6.20 Å². The molecule has 76 valence electrons. The van der Waals surface area contributed by atoms with Crippen LogP contribution in [0.3, 0.4) is 0 Å². The van der Waals surface area contributed by atoms with Crippen LogP contribution in [-0.2, 0) is 0 Å². The molecule has 1 heterocycles. The molecule has 0 radical (unpaired) electrons. The maximum Gasteiger partial charge on any atom is 0.573 e. The lowest BCUT2D eigenvalue weighted by atomic mass is 10.3. The number of halogens is 4. The second-order valence-corrected chi connectivity index (χ2v) is 2.54. The molecular formula is C7H3ClF3NO2. The maximum atomic E-state index is 11.8. The molecular weight excluding hydrogens is 223 g/mol. The van der Waals surface area contributed by atoms with E-state index in [1.807, 2.05) is 0 Å². The molecule has 0 unspecified atom stereocenters. The van der Waals surface area contributed by atoms with Crippen molar-refractivity contribution in [2.24, 2.45) is 0 Å². The van der Waals surface area contributed by atoms with E-state index >= 15 is 0 Å². The van der Waals surface area contributed by atoms with Crippen LogP contribution in [0, 0.1) is 0 Å². The van der Waals surface area contributed by atoms with Crippen molar-refractivity contribution < 1.29 is 22.7 Å². The fourth-order valence-corrected chi connectivity index (χ4v) is 0.904. The molecule has 0 amide bonds. The van der Waals surface area contributed by atoms with E-state index in [-0.39, 0.29) is 5.56 Å². The van der Waals surface area contributed by atoms with E-state index in [4.69, 9.17) is 11.6 Å². The van der Waals surface area contributed by atoms with Gasteiger partial charge < -0.3 is 4.74 Å². The predicted octanol–water partition coefficient (Wildman–Crippen LogP) is 2.36. The number of ether oxygens (including phenoxy) is 1. The van der Waals surface area contributed by atoms with Crippen molar-refractivity contribution in [3.8, 4) is 5.75 Å². The monoisotopic (exact) mass is 225 g/mol. The molecule has 0 saturated heterocycles. The Morgan fingerprint density at radius 1 is 1.50 bits per heavy atom. The van der Waals surface area contributed by atoms with E-state index in [0.29, 0.717) is 0 Å². The summed E-state index contributed by atoms with van der Waals surface area (Å²) in [5.41, 5.74) is -0.376. The van der Waals surface area contributed by atoms with Crippen LogP contribution >= 0.6 is 11.6 Å². The van der Waals surface area contributed by atoms with E-state index in [9.17, 15) is 18.0 Å². The van der Waals surface area contributed by atoms with Gasteiger partial charge in [0.05, 0.1) is 11.8 Å². The third-order valence-electron chi connectivity index (χ3n) is 1.22. The Bertz CT molecular complexity index is 353. The highest BCUT2D eigenvalue weighted by molar-refractivity contribution is 6.68. The van der Waals surface area contributed by atoms with Gasteiger partial charge in [0.2, 0.25) is 0 Å². The Morgan fingerprint density at radius 2 is 2.14 bits per heavy atom. The lowest BCUT2D eigenvalue weighted by molar-refractivity contribution is -0.274. The van der Waals surface area contributed by atoms with Gasteiger partial charge in [-0.25, -0.2) is 0 Å². The standard InChI is InChI=1S/C7H3ClF3NO2/c8-6(13)4-1-2-12-3-5(4)14-7(9,10)11/h1-3H. The molecule has 1 aromatic heterocycles. The largest absolute Gasteiger partial charge is 0.573 e. The van der Waals surface area contributed by atoms with Gasteiger partial charge in [0.25, 0.3) is 5.24 Å². The molecule has 0 spiro atoms. The average molecular weight is 226 g/mol. The Balaban J connectivity index is 3.02. The minimum absolute atomic E-state index is 0.376. The highest BCUT2D eigenvalue weighted by atomic mass is 35.5. The first-order valence-corrected chi connectivity index (χ1v) is 3.67. The van der Waals surface area contributed by atoms with Crippen LogP contribution in [0.25, 0.3) is 0 Å². The predicted molar refractivity (Wildman–Crippen MR) is 41.1 cm³/mol. The zero-order valence-electron chi connectivity index (χ0n) is 6.51. The summed E-state index contributed by atoms with van der Waals surface area (Å²) < 4.78 is 38.9. The molecule has 0 aliphatic rings. The summed E-state index contributed by atoms with van der Waals surface area (Å²) in [6.45, 7) is 0. The van der Waals surface area contributed by atoms with Crippen molar-refractivity contribution >= 4 is 16.8 Å². The van der Waals surface area contributed by atoms with Crippen molar-refractivity contribution in [1.29, 1.82) is 0 Å². The van der Waals surface area contributed by atoms with Crippen LogP contribution < -0.4 is 4.74 Å². The average Bonchev–Trinajstić information content (AvgIpc) is 2.01. The summed E-state index contributed by atoms with van der Waals surface area (Å²) in [7, 11) is 0. The third-order valence-corrected chi connectivity index (χ3v) is 1.43. The number of rotatable bonds is 2. The first-order valence-electron chi connectivity index (χ1n) is 3.30. The maximum absolute atomic E-state index is 11.8. The van der Waals surface area contributed by atoms with Crippen molar-refractivity contribution in [2.45, 2.75) is 6.36 Å². The molecule has 0 aromatic carbocycles. The quantitative estimate of drug-likeness (QED) is 0.726. The Kier molecular flexibility index (Phi) is 2.95. The fourth-order valence-electron chi connectivity index (χ4n) is 0.748. The molecule has 1 rings (SSSR count). The Labute approximate surface area is 81.5 Å². The summed E-state index contributed by atoms with van der Waals surface area (Å²) >= 11 is 5.02. The molecule has 0 N–H and O–H groups in total. The summed E-state index contributed by atoms with van der Waals surface area (Å²) in [6, 6.07) is 1.04. The molecule has 0 bridgehead atoms. The zero-order chi connectivity index (χ0) is 10.8. The van der Waals surface area contributed by atoms with Crippen LogP contribution in [0.15, 0.2) is 18.5 Å². The third kappa shape index (κ3) is 2.88. The van der Waals surface area contributed by atoms with Gasteiger partial charge in [0.1, 0.15) is 0 Å². The summed E-state index contributed by atoms with van der Waals surface area (Å²) in [4.78, 5) is 14.0. The first-order chi connectivity index (χ1) is 6.40. The van der Waals surface area contributed by atoms with Gasteiger partial charge in [-0.05, 0) is 17.7 Å². The lowest BCUT2D eigenvalue weighted by Gasteiger charge is -2.09. The molecule has 7 heteroatoms. The molecule has 1 aromatic rings. The number of pyridine rings is 1. The lowest BCUT2D eigenvalue weighted by Crippen LogP contribution is -2.18. The molecule has 3 nitrogen and oxygen atoms in total. The number of alkyl halides is 3. The summed E-state index contributed by atoms with van der Waals surface area (Å²) in [5, 5.41) is -1.04. The van der Waals surface area contributed by atoms with Crippen LogP contribution in [-0.4, -0.2) is 16.6 Å². The van der Waals surface area contributed by atoms with Crippen molar-refractivity contribution in [3.05, 3.63) is 24.0 Å². The smallest absolute Gasteiger partial charge is 0.403 e. The molecule has 14 heavy (non-hydrogen) atoms. The van der Waals surface area contributed by atoms with Crippen molar-refractivity contribution in [1.82, 2.24) is 4.98 Å². The zero-order valence-corrected chi connectivity index (χ0v) is 7.26. The fraction of sp³-hybridized carbons (Fsp3) is 0.143. The van der Waals surface area contributed by atoms with Gasteiger partial charge in [-0.3, -0.25) is 9.78 Å². The minimum atomic E-state index is -4.87. The second-order valence-electron chi connectivity index (χ2n) is 2.19. The van der Waals surface area contributed by atoms with E-state index in [1.54, 1.807) is 0 Å². The van der Waals surface area contributed by atoms with E-state index < -0.39 is 17.4 Å². The summed E-state index contributed by atoms with van der Waals surface area (Å²) in [5.74, 6) is -0.708. The molecule has 0 fully saturated rings. The van der Waals surface area contributed by atoms with Crippen LogP contribution in [0.5, 0.6) is 5.75 Å². The Hall–Kier alpha value is -1.30. The Morgan fingerprint density at radius 3 is 2.64 bits per heavy atom. The van der Waals surface area contributed by atoms with Crippen LogP contribution in [0.2, 0.25) is 0 Å². The molecule has 0 saturated carbocycles. The SMILES string of the molecule is O=C(Cl)c1ccncc1OC(F)(F)F. The van der Waals surface area contributed by atoms with E-state index in [1.165, 1.54) is 0 Å². The van der Waals surface area contributed by atoms with Crippen LogP contribution in [0.4, 0.5) is 13.2 Å². The van der Waals surface area contributed by atoms with Gasteiger partial charge in [-0.2, -0.15) is 0 Å². The highest BCUT2D eigenvalue weighted by Crippen LogP contribution is 2.26. The highest BCUT2D eigenvalue weighted by Gasteiger charge is 2.32. The first kappa shape index (κ1) is 10.8. The second kappa shape index (κ2) is 3.83. The van der Waals surface area contributed by atoms with Gasteiger partial charge in [0.15, 0.2) is 5.75 Å². The van der Waals surface area contributed by atoms with Gasteiger partial charge >= 0.3 is 6.36 Å². The topological polar surface area (TPSA) is 39.2 Å². The summed E-state index contributed by atoms with van der Waals surface area (Å²) in [6.07, 6.45) is -2.97. The normalized spacial score (nSPS) is 11.1. The van der Waals surface area contributed by atoms with Crippen molar-refractivity contribution in [3.63, 3.8) is 0 Å². The number of aromatic nitrogens is 1. The minimum Gasteiger partial charge on any atom is -0.403 e. The number of carbonyl (C=O) groups is 1. The van der Waals surface area contributed by atoms with E-state index in [0.717, 1.165) is 18.5 Å². The molecule has 0 aliphatic heterocycles. The molecule has 0 aliphatic carbocycles. The number of hydrogen-bond donors (Lipinski definition) is 0. The number of nitrogens with zero attached hydrogens (tertiary/aromatic N) is 1. The van der Waals surface area contributed by atoms with Crippen molar-refractivity contribution in [2.75, 3.05) is 0 Å². The van der Waals surface area contributed by atoms with E-state index in [2.05, 4.69) is 9.72 Å². The van der Waals surface area contributed by atoms with Gasteiger partial charge in [-0.15, -0.1) is 13.2 Å². The van der Waals surface area contributed by atoms with Crippen LogP contribution in [0.1, 0.15) is 10.4 Å². The number of hydrogen-bond acceptors (Lipinski definition) is 3. The van der Waals surface area contributed by atoms with Gasteiger partial charge in [-0.1, -0.05) is 0 Å².